The van der Waals surface area contributed by atoms with E-state index in [1.54, 1.807) is 0 Å². The van der Waals surface area contributed by atoms with E-state index in [0.717, 1.165) is 148 Å². The lowest BCUT2D eigenvalue weighted by Gasteiger charge is -2.20. The molecular weight excluding hydrogens is 871 g/mol. The molecule has 4 aromatic carbocycles. The van der Waals surface area contributed by atoms with E-state index in [-0.39, 0.29) is 37.5 Å². The number of fused-ring (bicyclic) bond motifs is 6. The summed E-state index contributed by atoms with van der Waals surface area (Å²) in [6.45, 7) is 15.6. The van der Waals surface area contributed by atoms with E-state index in [0.29, 0.717) is 74.0 Å². The first-order valence-electron chi connectivity index (χ1n) is 26.9. The Kier molecular flexibility index (Phi) is 27.3. The van der Waals surface area contributed by atoms with Gasteiger partial charge in [0.15, 0.2) is 54.3 Å². The molecule has 0 bridgehead atoms. The van der Waals surface area contributed by atoms with Crippen LogP contribution in [0.15, 0.2) is 36.4 Å². The SMILES string of the molecule is CCCCCCCOc1cc2c(cc1OCC(=O)NCCCC)c1cc(OCCCCCCC)c(OCC(=O)NCCCC)cc1c1cc(OCCCCCCC)c(OCC(=O)NCCCC)cc21. The van der Waals surface area contributed by atoms with E-state index >= 15 is 0 Å². The molecule has 69 heavy (non-hydrogen) atoms. The van der Waals surface area contributed by atoms with Crippen molar-refractivity contribution < 1.29 is 42.8 Å². The summed E-state index contributed by atoms with van der Waals surface area (Å²) in [5, 5.41) is 14.0. The summed E-state index contributed by atoms with van der Waals surface area (Å²) in [5.74, 6) is 2.34. The average molecular weight is 958 g/mol. The van der Waals surface area contributed by atoms with Crippen LogP contribution in [0.1, 0.15) is 176 Å². The predicted molar refractivity (Wildman–Crippen MR) is 282 cm³/mol. The van der Waals surface area contributed by atoms with Gasteiger partial charge in [0.25, 0.3) is 17.7 Å². The molecule has 0 radical (unpaired) electrons. The van der Waals surface area contributed by atoms with Gasteiger partial charge in [-0.3, -0.25) is 14.4 Å². The van der Waals surface area contributed by atoms with Gasteiger partial charge in [-0.05, 0) is 107 Å². The molecule has 3 amide bonds. The molecule has 3 N–H and O–H groups in total. The summed E-state index contributed by atoms with van der Waals surface area (Å²) < 4.78 is 38.8. The van der Waals surface area contributed by atoms with Gasteiger partial charge in [0.2, 0.25) is 0 Å². The van der Waals surface area contributed by atoms with Crippen molar-refractivity contribution in [2.45, 2.75) is 176 Å². The molecule has 12 nitrogen and oxygen atoms in total. The number of ether oxygens (including phenoxy) is 6. The highest BCUT2D eigenvalue weighted by atomic mass is 16.5. The van der Waals surface area contributed by atoms with E-state index in [2.05, 4.69) is 57.5 Å². The number of unbranched alkanes of at least 4 members (excludes halogenated alkanes) is 15. The van der Waals surface area contributed by atoms with E-state index in [4.69, 9.17) is 28.4 Å². The molecule has 0 saturated carbocycles. The number of rotatable bonds is 39. The summed E-state index contributed by atoms with van der Waals surface area (Å²) in [4.78, 5) is 39.2. The van der Waals surface area contributed by atoms with Crippen LogP contribution in [-0.2, 0) is 14.4 Å². The molecule has 0 fully saturated rings. The van der Waals surface area contributed by atoms with Crippen LogP contribution < -0.4 is 44.4 Å². The van der Waals surface area contributed by atoms with Gasteiger partial charge in [-0.2, -0.15) is 0 Å². The van der Waals surface area contributed by atoms with Gasteiger partial charge in [-0.1, -0.05) is 138 Å². The molecule has 0 heterocycles. The second-order valence-corrected chi connectivity index (χ2v) is 18.3. The summed E-state index contributed by atoms with van der Waals surface area (Å²) in [6, 6.07) is 11.9. The topological polar surface area (TPSA) is 143 Å². The first-order valence-corrected chi connectivity index (χ1v) is 26.9. The minimum atomic E-state index is -0.203. The lowest BCUT2D eigenvalue weighted by Crippen LogP contribution is -2.29. The van der Waals surface area contributed by atoms with Crippen molar-refractivity contribution in [2.75, 3.05) is 59.3 Å². The Labute approximate surface area is 414 Å². The van der Waals surface area contributed by atoms with Crippen LogP contribution in [0.25, 0.3) is 32.3 Å². The number of hydrogen-bond donors (Lipinski definition) is 3. The van der Waals surface area contributed by atoms with Gasteiger partial charge in [-0.25, -0.2) is 0 Å². The first kappa shape index (κ1) is 56.5. The number of nitrogens with one attached hydrogen (secondary N) is 3. The molecule has 0 aliphatic carbocycles. The average Bonchev–Trinajstić information content (AvgIpc) is 3.35. The lowest BCUT2D eigenvalue weighted by molar-refractivity contribution is -0.123. The Bertz CT molecular complexity index is 1870. The zero-order valence-electron chi connectivity index (χ0n) is 43.4. The highest BCUT2D eigenvalue weighted by Gasteiger charge is 2.22. The van der Waals surface area contributed by atoms with Crippen LogP contribution in [-0.4, -0.2) is 77.0 Å². The zero-order chi connectivity index (χ0) is 49.5. The summed E-state index contributed by atoms with van der Waals surface area (Å²) >= 11 is 0. The Morgan fingerprint density at radius 1 is 0.304 bits per heavy atom. The second kappa shape index (κ2) is 33.4. The predicted octanol–water partition coefficient (Wildman–Crippen LogP) is 13.1. The van der Waals surface area contributed by atoms with Crippen LogP contribution >= 0.6 is 0 Å². The van der Waals surface area contributed by atoms with Crippen molar-refractivity contribution >= 4 is 50.0 Å². The molecule has 4 rings (SSSR count). The fourth-order valence-corrected chi connectivity index (χ4v) is 8.15. The maximum absolute atomic E-state index is 13.1. The van der Waals surface area contributed by atoms with Gasteiger partial charge in [-0.15, -0.1) is 0 Å². The Balaban J connectivity index is 1.98. The fraction of sp³-hybridized carbons (Fsp3) is 0.632. The van der Waals surface area contributed by atoms with Gasteiger partial charge in [0.1, 0.15) is 0 Å². The van der Waals surface area contributed by atoms with Gasteiger partial charge >= 0.3 is 0 Å². The smallest absolute Gasteiger partial charge is 0.257 e. The minimum absolute atomic E-state index is 0.171. The highest BCUT2D eigenvalue weighted by Crippen LogP contribution is 2.47. The van der Waals surface area contributed by atoms with Crippen LogP contribution in [0.3, 0.4) is 0 Å². The highest BCUT2D eigenvalue weighted by molar-refractivity contribution is 6.27. The molecular formula is C57H87N3O9. The second-order valence-electron chi connectivity index (χ2n) is 18.3. The van der Waals surface area contributed by atoms with Crippen molar-refractivity contribution in [3.05, 3.63) is 36.4 Å². The fourth-order valence-electron chi connectivity index (χ4n) is 8.15. The van der Waals surface area contributed by atoms with Crippen molar-refractivity contribution in [3.8, 4) is 34.5 Å². The van der Waals surface area contributed by atoms with Gasteiger partial charge < -0.3 is 44.4 Å². The molecule has 0 aliphatic heterocycles. The number of carbonyl (C=O) groups is 3. The van der Waals surface area contributed by atoms with Crippen LogP contribution in [0.5, 0.6) is 34.5 Å². The molecule has 0 spiro atoms. The third-order valence-corrected chi connectivity index (χ3v) is 12.3. The Morgan fingerprint density at radius 2 is 0.522 bits per heavy atom. The molecule has 0 aromatic heterocycles. The van der Waals surface area contributed by atoms with Gasteiger partial charge in [0.05, 0.1) is 19.8 Å². The van der Waals surface area contributed by atoms with Crippen molar-refractivity contribution in [1.82, 2.24) is 16.0 Å². The van der Waals surface area contributed by atoms with Crippen LogP contribution in [0.2, 0.25) is 0 Å². The quantitative estimate of drug-likeness (QED) is 0.0294. The first-order chi connectivity index (χ1) is 33.8. The Morgan fingerprint density at radius 3 is 0.754 bits per heavy atom. The number of carbonyl (C=O) groups excluding carboxylic acids is 3. The normalized spacial score (nSPS) is 11.2. The molecule has 0 aliphatic rings. The number of benzene rings is 4. The molecule has 4 aromatic rings. The van der Waals surface area contributed by atoms with Crippen LogP contribution in [0.4, 0.5) is 0 Å². The van der Waals surface area contributed by atoms with Crippen molar-refractivity contribution in [3.63, 3.8) is 0 Å². The maximum atomic E-state index is 13.1. The van der Waals surface area contributed by atoms with Crippen LogP contribution in [0, 0.1) is 0 Å². The number of amides is 3. The maximum Gasteiger partial charge on any atom is 0.257 e. The number of hydrogen-bond acceptors (Lipinski definition) is 9. The minimum Gasteiger partial charge on any atom is -0.490 e. The molecule has 384 valence electrons. The summed E-state index contributed by atoms with van der Waals surface area (Å²) in [7, 11) is 0. The zero-order valence-corrected chi connectivity index (χ0v) is 43.4. The monoisotopic (exact) mass is 958 g/mol. The molecule has 0 atom stereocenters. The van der Waals surface area contributed by atoms with Crippen molar-refractivity contribution in [1.29, 1.82) is 0 Å². The summed E-state index contributed by atoms with van der Waals surface area (Å²) in [5.41, 5.74) is 0. The van der Waals surface area contributed by atoms with Crippen molar-refractivity contribution in [2.24, 2.45) is 0 Å². The van der Waals surface area contributed by atoms with Gasteiger partial charge in [0, 0.05) is 19.6 Å². The standard InChI is InChI=1S/C57H87N3O9/c1-7-13-19-22-25-31-64-49-34-43-46(37-52(49)67-40-55(61)58-28-16-10-4)44-35-50(65-32-26-23-20-14-8-2)54(69-42-57(63)60-30-18-12-6)39-48(44)45-36-51(66-33-27-24-21-15-9-3)53(38-47(43)45)68-41-56(62)59-29-17-11-5/h34-39H,7-33,40-42H2,1-6H3,(H,58,61)(H,59,62)(H,60,63). The molecule has 0 unspecified atom stereocenters. The third kappa shape index (κ3) is 19.7. The van der Waals surface area contributed by atoms with E-state index in [1.807, 2.05) is 36.4 Å². The largest absolute Gasteiger partial charge is 0.490 e. The molecule has 12 heteroatoms. The Hall–Kier alpha value is -5.13. The van der Waals surface area contributed by atoms with E-state index in [1.165, 1.54) is 19.3 Å². The lowest BCUT2D eigenvalue weighted by atomic mass is 9.93. The third-order valence-electron chi connectivity index (χ3n) is 12.3. The molecule has 0 saturated heterocycles. The summed E-state index contributed by atoms with van der Waals surface area (Å²) in [6.07, 6.45) is 21.7. The van der Waals surface area contributed by atoms with E-state index in [9.17, 15) is 14.4 Å². The van der Waals surface area contributed by atoms with E-state index < -0.39 is 0 Å².